The van der Waals surface area contributed by atoms with Gasteiger partial charge in [-0.05, 0) is 30.7 Å². The minimum atomic E-state index is 0.744. The summed E-state index contributed by atoms with van der Waals surface area (Å²) in [5, 5.41) is 3.81. The zero-order valence-corrected chi connectivity index (χ0v) is 13.2. The normalized spacial score (nSPS) is 11.1. The number of hydrogen-bond donors (Lipinski definition) is 0. The van der Waals surface area contributed by atoms with E-state index in [4.69, 9.17) is 11.6 Å². The zero-order valence-electron chi connectivity index (χ0n) is 11.6. The lowest BCUT2D eigenvalue weighted by Crippen LogP contribution is -1.78. The predicted molar refractivity (Wildman–Crippen MR) is 92.7 cm³/mol. The Bertz CT molecular complexity index is 755. The fraction of sp³-hybridized carbons (Fsp3) is 0.0556. The Kier molecular flexibility index (Phi) is 4.18. The van der Waals surface area contributed by atoms with Gasteiger partial charge in [0, 0.05) is 16.0 Å². The third kappa shape index (κ3) is 3.60. The third-order valence-corrected chi connectivity index (χ3v) is 4.22. The van der Waals surface area contributed by atoms with Gasteiger partial charge in [-0.15, -0.1) is 11.3 Å². The summed E-state index contributed by atoms with van der Waals surface area (Å²) in [6.07, 6.45) is 4.14. The Morgan fingerprint density at radius 3 is 2.38 bits per heavy atom. The molecule has 21 heavy (non-hydrogen) atoms. The van der Waals surface area contributed by atoms with Crippen LogP contribution in [0.4, 0.5) is 0 Å². The van der Waals surface area contributed by atoms with Crippen molar-refractivity contribution in [1.29, 1.82) is 0 Å². The molecule has 3 heteroatoms. The SMILES string of the molecule is Cc1ccc(C=Cc2nc(-c3ccc(Cl)cc3)cs2)cc1. The van der Waals surface area contributed by atoms with Crippen LogP contribution in [0.3, 0.4) is 0 Å². The quantitative estimate of drug-likeness (QED) is 0.583. The highest BCUT2D eigenvalue weighted by Crippen LogP contribution is 2.24. The van der Waals surface area contributed by atoms with Crippen LogP contribution >= 0.6 is 22.9 Å². The standard InChI is InChI=1S/C18H14ClNS/c1-13-2-4-14(5-3-13)6-11-18-20-17(12-21-18)15-7-9-16(19)10-8-15/h2-12H,1H3. The fourth-order valence-corrected chi connectivity index (χ4v) is 2.81. The summed E-state index contributed by atoms with van der Waals surface area (Å²) < 4.78 is 0. The van der Waals surface area contributed by atoms with Crippen LogP contribution in [0.25, 0.3) is 23.4 Å². The first-order valence-electron chi connectivity index (χ1n) is 6.67. The van der Waals surface area contributed by atoms with Crippen molar-refractivity contribution in [2.75, 3.05) is 0 Å². The highest BCUT2D eigenvalue weighted by Gasteiger charge is 2.02. The second-order valence-corrected chi connectivity index (χ2v) is 6.15. The monoisotopic (exact) mass is 311 g/mol. The van der Waals surface area contributed by atoms with E-state index in [0.717, 1.165) is 21.3 Å². The molecule has 0 radical (unpaired) electrons. The maximum atomic E-state index is 5.90. The summed E-state index contributed by atoms with van der Waals surface area (Å²) in [5.41, 5.74) is 4.53. The molecule has 3 rings (SSSR count). The number of nitrogens with zero attached hydrogens (tertiary/aromatic N) is 1. The highest BCUT2D eigenvalue weighted by atomic mass is 35.5. The lowest BCUT2D eigenvalue weighted by atomic mass is 10.1. The van der Waals surface area contributed by atoms with Crippen molar-refractivity contribution < 1.29 is 0 Å². The number of rotatable bonds is 3. The van der Waals surface area contributed by atoms with E-state index in [1.807, 2.05) is 24.3 Å². The van der Waals surface area contributed by atoms with E-state index in [1.165, 1.54) is 11.1 Å². The molecule has 104 valence electrons. The number of thiazole rings is 1. The molecule has 0 atom stereocenters. The van der Waals surface area contributed by atoms with Crippen molar-refractivity contribution in [1.82, 2.24) is 4.98 Å². The first-order valence-corrected chi connectivity index (χ1v) is 7.93. The van der Waals surface area contributed by atoms with Crippen LogP contribution in [0.5, 0.6) is 0 Å². The molecular weight excluding hydrogens is 298 g/mol. The van der Waals surface area contributed by atoms with E-state index >= 15 is 0 Å². The van der Waals surface area contributed by atoms with Crippen molar-refractivity contribution in [2.24, 2.45) is 0 Å². The number of benzene rings is 2. The van der Waals surface area contributed by atoms with E-state index in [-0.39, 0.29) is 0 Å². The Hall–Kier alpha value is -1.90. The second kappa shape index (κ2) is 6.25. The lowest BCUT2D eigenvalue weighted by molar-refractivity contribution is 1.38. The van der Waals surface area contributed by atoms with Crippen molar-refractivity contribution in [2.45, 2.75) is 6.92 Å². The molecule has 0 N–H and O–H groups in total. The Morgan fingerprint density at radius 2 is 1.67 bits per heavy atom. The lowest BCUT2D eigenvalue weighted by Gasteiger charge is -1.96. The summed E-state index contributed by atoms with van der Waals surface area (Å²) in [7, 11) is 0. The van der Waals surface area contributed by atoms with E-state index in [0.29, 0.717) is 0 Å². The molecular formula is C18H14ClNS. The van der Waals surface area contributed by atoms with Gasteiger partial charge in [-0.3, -0.25) is 0 Å². The van der Waals surface area contributed by atoms with E-state index in [9.17, 15) is 0 Å². The Labute approximate surface area is 133 Å². The van der Waals surface area contributed by atoms with Crippen LogP contribution in [-0.2, 0) is 0 Å². The van der Waals surface area contributed by atoms with Crippen LogP contribution in [0.1, 0.15) is 16.1 Å². The predicted octanol–water partition coefficient (Wildman–Crippen LogP) is 5.94. The van der Waals surface area contributed by atoms with Crippen LogP contribution in [0.2, 0.25) is 5.02 Å². The average Bonchev–Trinajstić information content (AvgIpc) is 2.96. The molecule has 0 amide bonds. The highest BCUT2D eigenvalue weighted by molar-refractivity contribution is 7.10. The van der Waals surface area contributed by atoms with Crippen molar-refractivity contribution in [3.63, 3.8) is 0 Å². The minimum Gasteiger partial charge on any atom is -0.237 e. The molecule has 0 aliphatic heterocycles. The summed E-state index contributed by atoms with van der Waals surface area (Å²) >= 11 is 7.54. The molecule has 1 aromatic heterocycles. The Balaban J connectivity index is 1.78. The van der Waals surface area contributed by atoms with E-state index in [1.54, 1.807) is 11.3 Å². The van der Waals surface area contributed by atoms with Gasteiger partial charge in [0.2, 0.25) is 0 Å². The number of aryl methyl sites for hydroxylation is 1. The Morgan fingerprint density at radius 1 is 0.952 bits per heavy atom. The summed E-state index contributed by atoms with van der Waals surface area (Å²) in [6.45, 7) is 2.09. The molecule has 0 saturated heterocycles. The van der Waals surface area contributed by atoms with Crippen molar-refractivity contribution in [3.05, 3.63) is 75.1 Å². The van der Waals surface area contributed by atoms with Crippen LogP contribution in [0, 0.1) is 6.92 Å². The van der Waals surface area contributed by atoms with Crippen LogP contribution in [0.15, 0.2) is 53.9 Å². The molecule has 0 aliphatic rings. The van der Waals surface area contributed by atoms with Gasteiger partial charge in [0.1, 0.15) is 5.01 Å². The molecule has 0 spiro atoms. The maximum absolute atomic E-state index is 5.90. The van der Waals surface area contributed by atoms with Gasteiger partial charge in [0.15, 0.2) is 0 Å². The van der Waals surface area contributed by atoms with Crippen molar-refractivity contribution >= 4 is 35.1 Å². The number of aromatic nitrogens is 1. The largest absolute Gasteiger partial charge is 0.237 e. The van der Waals surface area contributed by atoms with E-state index in [2.05, 4.69) is 53.7 Å². The third-order valence-electron chi connectivity index (χ3n) is 3.16. The summed E-state index contributed by atoms with van der Waals surface area (Å²) in [5.74, 6) is 0. The van der Waals surface area contributed by atoms with Gasteiger partial charge in [0.05, 0.1) is 5.69 Å². The molecule has 2 aromatic carbocycles. The molecule has 0 aliphatic carbocycles. The topological polar surface area (TPSA) is 12.9 Å². The maximum Gasteiger partial charge on any atom is 0.116 e. The van der Waals surface area contributed by atoms with Crippen LogP contribution < -0.4 is 0 Å². The molecule has 3 aromatic rings. The smallest absolute Gasteiger partial charge is 0.116 e. The molecule has 1 nitrogen and oxygen atoms in total. The van der Waals surface area contributed by atoms with E-state index < -0.39 is 0 Å². The summed E-state index contributed by atoms with van der Waals surface area (Å²) in [6, 6.07) is 16.2. The van der Waals surface area contributed by atoms with Gasteiger partial charge in [-0.25, -0.2) is 4.98 Å². The van der Waals surface area contributed by atoms with Gasteiger partial charge in [0.25, 0.3) is 0 Å². The molecule has 0 bridgehead atoms. The van der Waals surface area contributed by atoms with Gasteiger partial charge >= 0.3 is 0 Å². The first kappa shape index (κ1) is 14.1. The molecule has 0 saturated carbocycles. The number of hydrogen-bond acceptors (Lipinski definition) is 2. The second-order valence-electron chi connectivity index (χ2n) is 4.82. The molecule has 0 unspecified atom stereocenters. The van der Waals surface area contributed by atoms with Gasteiger partial charge < -0.3 is 0 Å². The summed E-state index contributed by atoms with van der Waals surface area (Å²) in [4.78, 5) is 4.63. The fourth-order valence-electron chi connectivity index (χ4n) is 1.96. The number of halogens is 1. The van der Waals surface area contributed by atoms with Crippen molar-refractivity contribution in [3.8, 4) is 11.3 Å². The average molecular weight is 312 g/mol. The molecule has 0 fully saturated rings. The zero-order chi connectivity index (χ0) is 14.7. The van der Waals surface area contributed by atoms with Gasteiger partial charge in [-0.2, -0.15) is 0 Å². The minimum absolute atomic E-state index is 0.744. The van der Waals surface area contributed by atoms with Gasteiger partial charge in [-0.1, -0.05) is 59.6 Å². The molecule has 1 heterocycles. The van der Waals surface area contributed by atoms with Crippen LogP contribution in [-0.4, -0.2) is 4.98 Å². The first-order chi connectivity index (χ1) is 10.2.